The van der Waals surface area contributed by atoms with E-state index in [1.165, 1.54) is 0 Å². The van der Waals surface area contributed by atoms with E-state index in [4.69, 9.17) is 10.6 Å². The van der Waals surface area contributed by atoms with Gasteiger partial charge in [-0.25, -0.2) is 10.6 Å². The average Bonchev–Trinajstić information content (AvgIpc) is 2.29. The second-order valence-corrected chi connectivity index (χ2v) is 3.05. The van der Waals surface area contributed by atoms with Gasteiger partial charge in [0.05, 0.1) is 13.2 Å². The van der Waals surface area contributed by atoms with Crippen molar-refractivity contribution in [3.63, 3.8) is 0 Å². The van der Waals surface area contributed by atoms with Gasteiger partial charge in [-0.2, -0.15) is 9.97 Å². The number of nitrogens with two attached hydrogens (primary N) is 1. The van der Waals surface area contributed by atoms with Crippen molar-refractivity contribution in [2.75, 3.05) is 36.6 Å². The van der Waals surface area contributed by atoms with E-state index in [1.54, 1.807) is 0 Å². The summed E-state index contributed by atoms with van der Waals surface area (Å²) in [4.78, 5) is 23.2. The molecule has 0 spiro atoms. The quantitative estimate of drug-likeness (QED) is 0.395. The molecule has 1 aromatic heterocycles. The number of ether oxygens (including phenoxy) is 1. The van der Waals surface area contributed by atoms with Crippen molar-refractivity contribution in [2.45, 2.75) is 0 Å². The maximum atomic E-state index is 11.2. The molecule has 0 atom stereocenters. The third-order valence-electron chi connectivity index (χ3n) is 2.07. The SMILES string of the molecule is NNc1nc(N2CCOCC2)nc(=O)[nH]1. The van der Waals surface area contributed by atoms with E-state index in [0.29, 0.717) is 32.3 Å². The summed E-state index contributed by atoms with van der Waals surface area (Å²) in [6.45, 7) is 2.57. The average molecular weight is 212 g/mol. The Morgan fingerprint density at radius 3 is 2.80 bits per heavy atom. The van der Waals surface area contributed by atoms with Crippen molar-refractivity contribution >= 4 is 11.9 Å². The van der Waals surface area contributed by atoms with Crippen LogP contribution in [0.5, 0.6) is 0 Å². The van der Waals surface area contributed by atoms with Crippen LogP contribution in [0.4, 0.5) is 11.9 Å². The van der Waals surface area contributed by atoms with E-state index in [2.05, 4.69) is 20.4 Å². The summed E-state index contributed by atoms with van der Waals surface area (Å²) >= 11 is 0. The summed E-state index contributed by atoms with van der Waals surface area (Å²) in [5.74, 6) is 5.74. The molecular formula is C7H12N6O2. The molecule has 8 nitrogen and oxygen atoms in total. The molecule has 0 unspecified atom stereocenters. The minimum absolute atomic E-state index is 0.205. The number of hydrogen-bond acceptors (Lipinski definition) is 7. The zero-order valence-electron chi connectivity index (χ0n) is 8.06. The Kier molecular flexibility index (Phi) is 2.79. The molecule has 4 N–H and O–H groups in total. The highest BCUT2D eigenvalue weighted by Gasteiger charge is 2.14. The molecule has 1 aliphatic rings. The highest BCUT2D eigenvalue weighted by atomic mass is 16.5. The molecule has 0 radical (unpaired) electrons. The normalized spacial score (nSPS) is 16.5. The highest BCUT2D eigenvalue weighted by Crippen LogP contribution is 2.08. The number of nitrogen functional groups attached to an aromatic ring is 1. The number of H-pyrrole nitrogens is 1. The van der Waals surface area contributed by atoms with Crippen LogP contribution in [-0.2, 0) is 4.74 Å². The van der Waals surface area contributed by atoms with Gasteiger partial charge in [-0.05, 0) is 0 Å². The molecule has 0 aromatic carbocycles. The van der Waals surface area contributed by atoms with Gasteiger partial charge in [0.2, 0.25) is 11.9 Å². The molecule has 0 saturated carbocycles. The molecule has 1 fully saturated rings. The molecule has 2 heterocycles. The van der Waals surface area contributed by atoms with Gasteiger partial charge < -0.3 is 9.64 Å². The fraction of sp³-hybridized carbons (Fsp3) is 0.571. The lowest BCUT2D eigenvalue weighted by Gasteiger charge is -2.26. The molecule has 1 saturated heterocycles. The summed E-state index contributed by atoms with van der Waals surface area (Å²) < 4.78 is 5.18. The second kappa shape index (κ2) is 4.24. The largest absolute Gasteiger partial charge is 0.378 e. The van der Waals surface area contributed by atoms with Gasteiger partial charge >= 0.3 is 5.69 Å². The molecule has 82 valence electrons. The lowest BCUT2D eigenvalue weighted by Crippen LogP contribution is -2.38. The van der Waals surface area contributed by atoms with Gasteiger partial charge in [-0.15, -0.1) is 0 Å². The first-order valence-electron chi connectivity index (χ1n) is 4.57. The number of aromatic nitrogens is 3. The maximum absolute atomic E-state index is 11.2. The van der Waals surface area contributed by atoms with Crippen molar-refractivity contribution in [1.82, 2.24) is 15.0 Å². The molecule has 1 aliphatic heterocycles. The Balaban J connectivity index is 2.26. The van der Waals surface area contributed by atoms with Crippen LogP contribution in [0.15, 0.2) is 4.79 Å². The number of aromatic amines is 1. The van der Waals surface area contributed by atoms with Crippen molar-refractivity contribution in [2.24, 2.45) is 5.84 Å². The molecule has 15 heavy (non-hydrogen) atoms. The molecule has 0 aliphatic carbocycles. The van der Waals surface area contributed by atoms with Crippen LogP contribution in [0.1, 0.15) is 0 Å². The predicted octanol–water partition coefficient (Wildman–Crippen LogP) is -1.71. The van der Waals surface area contributed by atoms with E-state index < -0.39 is 5.69 Å². The lowest BCUT2D eigenvalue weighted by molar-refractivity contribution is 0.122. The van der Waals surface area contributed by atoms with Gasteiger partial charge in [0.25, 0.3) is 0 Å². The van der Waals surface area contributed by atoms with E-state index in [1.807, 2.05) is 4.90 Å². The number of hydrazine groups is 1. The summed E-state index contributed by atoms with van der Waals surface area (Å²) in [6.07, 6.45) is 0. The first-order valence-corrected chi connectivity index (χ1v) is 4.57. The number of hydrogen-bond donors (Lipinski definition) is 3. The molecule has 0 bridgehead atoms. The van der Waals surface area contributed by atoms with E-state index in [9.17, 15) is 4.79 Å². The highest BCUT2D eigenvalue weighted by molar-refractivity contribution is 5.35. The summed E-state index contributed by atoms with van der Waals surface area (Å²) in [5, 5.41) is 0. The zero-order valence-corrected chi connectivity index (χ0v) is 8.06. The number of morpholine rings is 1. The summed E-state index contributed by atoms with van der Waals surface area (Å²) in [6, 6.07) is 0. The fourth-order valence-corrected chi connectivity index (χ4v) is 1.35. The Morgan fingerprint density at radius 1 is 1.40 bits per heavy atom. The number of nitrogens with zero attached hydrogens (tertiary/aromatic N) is 3. The second-order valence-electron chi connectivity index (χ2n) is 3.05. The summed E-state index contributed by atoms with van der Waals surface area (Å²) in [7, 11) is 0. The molecule has 8 heteroatoms. The number of anilines is 2. The van der Waals surface area contributed by atoms with E-state index >= 15 is 0 Å². The van der Waals surface area contributed by atoms with Crippen LogP contribution in [0.2, 0.25) is 0 Å². The topological polar surface area (TPSA) is 109 Å². The van der Waals surface area contributed by atoms with Gasteiger partial charge in [0.1, 0.15) is 0 Å². The van der Waals surface area contributed by atoms with Crippen molar-refractivity contribution in [3.8, 4) is 0 Å². The Hall–Kier alpha value is -1.67. The first-order chi connectivity index (χ1) is 7.29. The zero-order chi connectivity index (χ0) is 10.7. The smallest absolute Gasteiger partial charge is 0.351 e. The minimum atomic E-state index is -0.473. The Labute approximate surface area is 85.4 Å². The molecular weight excluding hydrogens is 200 g/mol. The van der Waals surface area contributed by atoms with Gasteiger partial charge in [-0.3, -0.25) is 10.4 Å². The molecule has 1 aromatic rings. The van der Waals surface area contributed by atoms with Crippen molar-refractivity contribution < 1.29 is 4.74 Å². The fourth-order valence-electron chi connectivity index (χ4n) is 1.35. The van der Waals surface area contributed by atoms with Crippen LogP contribution in [0.3, 0.4) is 0 Å². The Morgan fingerprint density at radius 2 is 2.13 bits per heavy atom. The van der Waals surface area contributed by atoms with E-state index in [0.717, 1.165) is 0 Å². The third kappa shape index (κ3) is 2.22. The van der Waals surface area contributed by atoms with Gasteiger partial charge in [0.15, 0.2) is 0 Å². The summed E-state index contributed by atoms with van der Waals surface area (Å²) in [5.41, 5.74) is 1.81. The van der Waals surface area contributed by atoms with Crippen LogP contribution in [-0.4, -0.2) is 41.3 Å². The van der Waals surface area contributed by atoms with Crippen LogP contribution in [0.25, 0.3) is 0 Å². The lowest BCUT2D eigenvalue weighted by atomic mass is 10.4. The third-order valence-corrected chi connectivity index (χ3v) is 2.07. The van der Waals surface area contributed by atoms with Gasteiger partial charge in [0, 0.05) is 13.1 Å². The first kappa shape index (κ1) is 9.87. The van der Waals surface area contributed by atoms with Crippen LogP contribution < -0.4 is 21.9 Å². The van der Waals surface area contributed by atoms with Crippen molar-refractivity contribution in [1.29, 1.82) is 0 Å². The van der Waals surface area contributed by atoms with Gasteiger partial charge in [-0.1, -0.05) is 0 Å². The van der Waals surface area contributed by atoms with Crippen molar-refractivity contribution in [3.05, 3.63) is 10.5 Å². The molecule has 0 amide bonds. The minimum Gasteiger partial charge on any atom is -0.378 e. The number of nitrogens with one attached hydrogen (secondary N) is 2. The number of rotatable bonds is 2. The Bertz CT molecular complexity index is 385. The predicted molar refractivity (Wildman–Crippen MR) is 53.5 cm³/mol. The monoisotopic (exact) mass is 212 g/mol. The molecule has 2 rings (SSSR count). The van der Waals surface area contributed by atoms with Crippen LogP contribution in [0, 0.1) is 0 Å². The van der Waals surface area contributed by atoms with Crippen LogP contribution >= 0.6 is 0 Å². The van der Waals surface area contributed by atoms with E-state index in [-0.39, 0.29) is 5.95 Å². The standard InChI is InChI=1S/C7H12N6O2/c8-12-5-9-6(11-7(14)10-5)13-1-3-15-4-2-13/h1-4,8H2,(H2,9,10,11,12,14). The maximum Gasteiger partial charge on any atom is 0.351 e.